The quantitative estimate of drug-likeness (QED) is 0.354. The van der Waals surface area contributed by atoms with Crippen LogP contribution in [0.5, 0.6) is 0 Å². The van der Waals surface area contributed by atoms with Crippen molar-refractivity contribution in [3.8, 4) is 12.3 Å². The van der Waals surface area contributed by atoms with Crippen molar-refractivity contribution in [3.05, 3.63) is 0 Å². The number of hydrogen-bond acceptors (Lipinski definition) is 3. The molecule has 3 heteroatoms. The second-order valence-electron chi connectivity index (χ2n) is 2.49. The van der Waals surface area contributed by atoms with Gasteiger partial charge in [0.05, 0.1) is 6.61 Å². The van der Waals surface area contributed by atoms with E-state index in [0.29, 0.717) is 25.9 Å². The molecular weight excluding hydrogens is 144 g/mol. The molecule has 1 unspecified atom stereocenters. The van der Waals surface area contributed by atoms with Gasteiger partial charge in [-0.2, -0.15) is 0 Å². The largest absolute Gasteiger partial charge is 0.468 e. The number of rotatable bonds is 5. The van der Waals surface area contributed by atoms with Crippen LogP contribution in [0.2, 0.25) is 0 Å². The van der Waals surface area contributed by atoms with Crippen molar-refractivity contribution >= 4 is 6.47 Å². The smallest absolute Gasteiger partial charge is 0.293 e. The van der Waals surface area contributed by atoms with Gasteiger partial charge in [0.15, 0.2) is 0 Å². The minimum atomic E-state index is -1.08. The Morgan fingerprint density at radius 2 is 2.45 bits per heavy atom. The molecule has 3 nitrogen and oxygen atoms in total. The van der Waals surface area contributed by atoms with E-state index in [0.717, 1.165) is 0 Å². The lowest BCUT2D eigenvalue weighted by atomic mass is 10.0. The predicted octanol–water partition coefficient (Wildman–Crippen LogP) is 0.324. The van der Waals surface area contributed by atoms with E-state index in [4.69, 9.17) is 6.42 Å². The van der Waals surface area contributed by atoms with E-state index in [1.54, 1.807) is 6.92 Å². The minimum absolute atomic E-state index is 0.307. The molecule has 0 saturated carbocycles. The van der Waals surface area contributed by atoms with Gasteiger partial charge in [-0.25, -0.2) is 0 Å². The first-order chi connectivity index (χ1) is 5.12. The standard InChI is InChI=1S/C8H12O3/c1-3-8(2,10)5-4-6-11-7-9/h1,7,10H,4-6H2,2H3. The Bertz CT molecular complexity index is 155. The molecule has 1 N–H and O–H groups in total. The van der Waals surface area contributed by atoms with Crippen LogP contribution in [0.15, 0.2) is 0 Å². The van der Waals surface area contributed by atoms with E-state index in [1.807, 2.05) is 0 Å². The van der Waals surface area contributed by atoms with Crippen LogP contribution in [0.4, 0.5) is 0 Å². The molecule has 0 aliphatic heterocycles. The van der Waals surface area contributed by atoms with Crippen molar-refractivity contribution in [2.75, 3.05) is 6.61 Å². The summed E-state index contributed by atoms with van der Waals surface area (Å²) in [5.74, 6) is 2.23. The lowest BCUT2D eigenvalue weighted by Gasteiger charge is -2.14. The molecule has 0 aromatic carbocycles. The molecule has 0 aliphatic rings. The maximum Gasteiger partial charge on any atom is 0.293 e. The molecule has 0 aliphatic carbocycles. The van der Waals surface area contributed by atoms with Crippen LogP contribution in [0.3, 0.4) is 0 Å². The molecule has 0 aromatic heterocycles. The molecular formula is C8H12O3. The highest BCUT2D eigenvalue weighted by Gasteiger charge is 2.14. The van der Waals surface area contributed by atoms with Gasteiger partial charge >= 0.3 is 0 Å². The lowest BCUT2D eigenvalue weighted by molar-refractivity contribution is -0.129. The average molecular weight is 156 g/mol. The number of carbonyl (C=O) groups excluding carboxylic acids is 1. The zero-order valence-corrected chi connectivity index (χ0v) is 6.54. The first-order valence-corrected chi connectivity index (χ1v) is 3.38. The monoisotopic (exact) mass is 156 g/mol. The van der Waals surface area contributed by atoms with Crippen molar-refractivity contribution in [1.82, 2.24) is 0 Å². The molecule has 0 spiro atoms. The minimum Gasteiger partial charge on any atom is -0.468 e. The summed E-state index contributed by atoms with van der Waals surface area (Å²) < 4.78 is 4.41. The van der Waals surface area contributed by atoms with E-state index in [9.17, 15) is 9.90 Å². The van der Waals surface area contributed by atoms with Gasteiger partial charge in [0.1, 0.15) is 5.60 Å². The Hall–Kier alpha value is -1.01. The van der Waals surface area contributed by atoms with Crippen molar-refractivity contribution in [2.24, 2.45) is 0 Å². The van der Waals surface area contributed by atoms with Crippen molar-refractivity contribution in [2.45, 2.75) is 25.4 Å². The fourth-order valence-electron chi connectivity index (χ4n) is 0.620. The van der Waals surface area contributed by atoms with E-state index in [-0.39, 0.29) is 0 Å². The van der Waals surface area contributed by atoms with Crippen molar-refractivity contribution in [3.63, 3.8) is 0 Å². The van der Waals surface area contributed by atoms with E-state index in [1.165, 1.54) is 0 Å². The van der Waals surface area contributed by atoms with Gasteiger partial charge in [0, 0.05) is 0 Å². The van der Waals surface area contributed by atoms with Crippen LogP contribution < -0.4 is 0 Å². The predicted molar refractivity (Wildman–Crippen MR) is 40.7 cm³/mol. The Morgan fingerprint density at radius 3 is 2.91 bits per heavy atom. The molecule has 62 valence electrons. The highest BCUT2D eigenvalue weighted by molar-refractivity contribution is 5.36. The number of ether oxygens (including phenoxy) is 1. The molecule has 0 radical (unpaired) electrons. The van der Waals surface area contributed by atoms with Crippen LogP contribution in [0, 0.1) is 12.3 Å². The lowest BCUT2D eigenvalue weighted by Crippen LogP contribution is -2.21. The van der Waals surface area contributed by atoms with Crippen LogP contribution in [0.25, 0.3) is 0 Å². The first-order valence-electron chi connectivity index (χ1n) is 3.38. The molecule has 0 rings (SSSR count). The molecule has 0 fully saturated rings. The Kier molecular flexibility index (Phi) is 4.32. The summed E-state index contributed by atoms with van der Waals surface area (Å²) >= 11 is 0. The molecule has 11 heavy (non-hydrogen) atoms. The van der Waals surface area contributed by atoms with Gasteiger partial charge in [-0.15, -0.1) is 6.42 Å². The highest BCUT2D eigenvalue weighted by Crippen LogP contribution is 2.09. The highest BCUT2D eigenvalue weighted by atomic mass is 16.5. The topological polar surface area (TPSA) is 46.5 Å². The van der Waals surface area contributed by atoms with Gasteiger partial charge in [0.25, 0.3) is 6.47 Å². The molecule has 0 amide bonds. The molecule has 0 bridgehead atoms. The average Bonchev–Trinajstić information content (AvgIpc) is 1.99. The maximum absolute atomic E-state index is 9.67. The van der Waals surface area contributed by atoms with Crippen LogP contribution in [-0.4, -0.2) is 23.8 Å². The molecule has 0 aromatic rings. The molecule has 0 saturated heterocycles. The zero-order chi connectivity index (χ0) is 8.74. The third-order valence-corrected chi connectivity index (χ3v) is 1.30. The van der Waals surface area contributed by atoms with Crippen LogP contribution in [0.1, 0.15) is 19.8 Å². The van der Waals surface area contributed by atoms with Gasteiger partial charge < -0.3 is 9.84 Å². The van der Waals surface area contributed by atoms with Crippen molar-refractivity contribution < 1.29 is 14.6 Å². The third-order valence-electron chi connectivity index (χ3n) is 1.30. The zero-order valence-electron chi connectivity index (χ0n) is 6.54. The summed E-state index contributed by atoms with van der Waals surface area (Å²) in [5.41, 5.74) is -1.08. The molecule has 1 atom stereocenters. The first kappa shape index (κ1) is 9.99. The fourth-order valence-corrected chi connectivity index (χ4v) is 0.620. The number of terminal acetylenes is 1. The van der Waals surface area contributed by atoms with Crippen LogP contribution in [-0.2, 0) is 9.53 Å². The van der Waals surface area contributed by atoms with Gasteiger partial charge in [0.2, 0.25) is 0 Å². The van der Waals surface area contributed by atoms with E-state index < -0.39 is 5.60 Å². The van der Waals surface area contributed by atoms with Gasteiger partial charge in [-0.3, -0.25) is 4.79 Å². The second kappa shape index (κ2) is 4.75. The SMILES string of the molecule is C#CC(C)(O)CCCOC=O. The van der Waals surface area contributed by atoms with E-state index in [2.05, 4.69) is 10.7 Å². The summed E-state index contributed by atoms with van der Waals surface area (Å²) in [6, 6.07) is 0. The third kappa shape index (κ3) is 5.43. The van der Waals surface area contributed by atoms with Gasteiger partial charge in [-0.1, -0.05) is 5.92 Å². The summed E-state index contributed by atoms with van der Waals surface area (Å²) in [6.07, 6.45) is 6.03. The Labute approximate surface area is 66.4 Å². The number of carbonyl (C=O) groups is 1. The van der Waals surface area contributed by atoms with Crippen molar-refractivity contribution in [1.29, 1.82) is 0 Å². The second-order valence-corrected chi connectivity index (χ2v) is 2.49. The summed E-state index contributed by atoms with van der Waals surface area (Å²) in [5, 5.41) is 9.24. The fraction of sp³-hybridized carbons (Fsp3) is 0.625. The van der Waals surface area contributed by atoms with Crippen LogP contribution >= 0.6 is 0 Å². The maximum atomic E-state index is 9.67. The summed E-state index contributed by atoms with van der Waals surface area (Å²) in [7, 11) is 0. The summed E-state index contributed by atoms with van der Waals surface area (Å²) in [4.78, 5) is 9.67. The van der Waals surface area contributed by atoms with E-state index >= 15 is 0 Å². The Morgan fingerprint density at radius 1 is 1.82 bits per heavy atom. The Balaban J connectivity index is 3.39. The normalized spacial score (nSPS) is 14.6. The summed E-state index contributed by atoms with van der Waals surface area (Å²) in [6.45, 7) is 2.24. The number of aliphatic hydroxyl groups is 1. The van der Waals surface area contributed by atoms with Gasteiger partial charge in [-0.05, 0) is 19.8 Å². The molecule has 0 heterocycles. The number of hydrogen-bond donors (Lipinski definition) is 1.